The van der Waals surface area contributed by atoms with Crippen LogP contribution in [0.1, 0.15) is 19.8 Å². The fourth-order valence-electron chi connectivity index (χ4n) is 2.68. The van der Waals surface area contributed by atoms with Gasteiger partial charge in [0.25, 0.3) is 0 Å². The Kier molecular flexibility index (Phi) is 4.78. The lowest BCUT2D eigenvalue weighted by molar-refractivity contribution is 0.437. The largest absolute Gasteiger partial charge is 0.393 e. The van der Waals surface area contributed by atoms with Crippen LogP contribution < -0.4 is 16.0 Å². The van der Waals surface area contributed by atoms with Crippen molar-refractivity contribution in [2.24, 2.45) is 5.92 Å². The summed E-state index contributed by atoms with van der Waals surface area (Å²) in [5.74, 6) is 2.06. The molecule has 0 amide bonds. The Morgan fingerprint density at radius 2 is 1.96 bits per heavy atom. The normalized spacial score (nSPS) is 15.7. The van der Waals surface area contributed by atoms with Crippen LogP contribution in [0.5, 0.6) is 0 Å². The van der Waals surface area contributed by atoms with Gasteiger partial charge < -0.3 is 16.0 Å². The van der Waals surface area contributed by atoms with Crippen molar-refractivity contribution in [2.75, 3.05) is 29.0 Å². The molecule has 1 aromatic carbocycles. The van der Waals surface area contributed by atoms with Crippen molar-refractivity contribution in [3.63, 3.8) is 0 Å². The number of anilines is 4. The molecule has 0 spiro atoms. The predicted molar refractivity (Wildman–Crippen MR) is 96.8 cm³/mol. The van der Waals surface area contributed by atoms with E-state index in [9.17, 15) is 0 Å². The number of nitrogens with two attached hydrogens (primary N) is 1. The molecule has 0 saturated carbocycles. The van der Waals surface area contributed by atoms with Crippen molar-refractivity contribution in [1.82, 2.24) is 9.97 Å². The summed E-state index contributed by atoms with van der Waals surface area (Å²) < 4.78 is 0. The Bertz CT molecular complexity index is 699. The molecular formula is C16H19Cl2N5. The number of nitrogen functional groups attached to an aromatic ring is 1. The quantitative estimate of drug-likeness (QED) is 0.860. The number of benzene rings is 1. The van der Waals surface area contributed by atoms with Crippen molar-refractivity contribution in [1.29, 1.82) is 0 Å². The molecule has 0 radical (unpaired) electrons. The van der Waals surface area contributed by atoms with Crippen molar-refractivity contribution in [3.05, 3.63) is 34.6 Å². The van der Waals surface area contributed by atoms with E-state index in [2.05, 4.69) is 27.1 Å². The number of hydrogen-bond donors (Lipinski definition) is 2. The maximum absolute atomic E-state index is 6.28. The summed E-state index contributed by atoms with van der Waals surface area (Å²) in [6, 6.07) is 5.21. The maximum atomic E-state index is 6.28. The summed E-state index contributed by atoms with van der Waals surface area (Å²) in [4.78, 5) is 10.8. The van der Waals surface area contributed by atoms with Crippen LogP contribution in [0.25, 0.3) is 0 Å². The molecule has 0 aliphatic carbocycles. The summed E-state index contributed by atoms with van der Waals surface area (Å²) in [5.41, 5.74) is 7.47. The van der Waals surface area contributed by atoms with E-state index in [1.807, 2.05) is 0 Å². The second-order valence-corrected chi connectivity index (χ2v) is 6.72. The molecule has 122 valence electrons. The molecule has 3 N–H and O–H groups in total. The molecule has 23 heavy (non-hydrogen) atoms. The van der Waals surface area contributed by atoms with Crippen molar-refractivity contribution < 1.29 is 0 Å². The van der Waals surface area contributed by atoms with Gasteiger partial charge in [0.2, 0.25) is 0 Å². The third kappa shape index (κ3) is 3.62. The Morgan fingerprint density at radius 3 is 2.70 bits per heavy atom. The Morgan fingerprint density at radius 1 is 1.22 bits per heavy atom. The van der Waals surface area contributed by atoms with Gasteiger partial charge in [-0.25, -0.2) is 9.97 Å². The van der Waals surface area contributed by atoms with Gasteiger partial charge in [0.15, 0.2) is 11.6 Å². The SMILES string of the molecule is CC1CCN(c2ncnc(Nc3cc(Cl)ccc3Cl)c2N)CC1. The number of hydrogen-bond acceptors (Lipinski definition) is 5. The monoisotopic (exact) mass is 351 g/mol. The first kappa shape index (κ1) is 16.1. The fourth-order valence-corrected chi connectivity index (χ4v) is 3.02. The predicted octanol–water partition coefficient (Wildman–Crippen LogP) is 4.35. The number of aromatic nitrogens is 2. The van der Waals surface area contributed by atoms with Crippen LogP contribution in [0.4, 0.5) is 23.0 Å². The second kappa shape index (κ2) is 6.81. The summed E-state index contributed by atoms with van der Waals surface area (Å²) in [7, 11) is 0. The molecule has 0 atom stereocenters. The molecule has 0 bridgehead atoms. The average molecular weight is 352 g/mol. The lowest BCUT2D eigenvalue weighted by atomic mass is 9.99. The van der Waals surface area contributed by atoms with E-state index >= 15 is 0 Å². The number of halogens is 2. The Labute approximate surface area is 145 Å². The molecule has 5 nitrogen and oxygen atoms in total. The van der Waals surface area contributed by atoms with Gasteiger partial charge in [0.05, 0.1) is 10.7 Å². The third-order valence-corrected chi connectivity index (χ3v) is 4.69. The maximum Gasteiger partial charge on any atom is 0.159 e. The van der Waals surface area contributed by atoms with Crippen LogP contribution >= 0.6 is 23.2 Å². The van der Waals surface area contributed by atoms with Crippen molar-refractivity contribution >= 4 is 46.2 Å². The number of piperidine rings is 1. The molecule has 0 unspecified atom stereocenters. The van der Waals surface area contributed by atoms with Gasteiger partial charge in [0, 0.05) is 18.1 Å². The van der Waals surface area contributed by atoms with E-state index in [0.29, 0.717) is 27.2 Å². The van der Waals surface area contributed by atoms with Gasteiger partial charge in [-0.05, 0) is 37.0 Å². The zero-order valence-electron chi connectivity index (χ0n) is 12.9. The zero-order valence-corrected chi connectivity index (χ0v) is 14.4. The van der Waals surface area contributed by atoms with Gasteiger partial charge in [-0.15, -0.1) is 0 Å². The van der Waals surface area contributed by atoms with Gasteiger partial charge >= 0.3 is 0 Å². The minimum Gasteiger partial charge on any atom is -0.393 e. The second-order valence-electron chi connectivity index (χ2n) is 5.88. The van der Waals surface area contributed by atoms with Crippen LogP contribution in [0.15, 0.2) is 24.5 Å². The molecule has 1 aromatic heterocycles. The Balaban J connectivity index is 1.86. The summed E-state index contributed by atoms with van der Waals surface area (Å²) >= 11 is 12.2. The van der Waals surface area contributed by atoms with E-state index in [1.54, 1.807) is 18.2 Å². The number of nitrogens with zero attached hydrogens (tertiary/aromatic N) is 3. The summed E-state index contributed by atoms with van der Waals surface area (Å²) in [6.07, 6.45) is 3.81. The van der Waals surface area contributed by atoms with E-state index in [4.69, 9.17) is 28.9 Å². The molecule has 1 aliphatic rings. The average Bonchev–Trinajstić information content (AvgIpc) is 2.54. The van der Waals surface area contributed by atoms with Gasteiger partial charge in [-0.3, -0.25) is 0 Å². The Hall–Kier alpha value is -1.72. The highest BCUT2D eigenvalue weighted by Gasteiger charge is 2.20. The minimum atomic E-state index is 0.526. The first-order valence-electron chi connectivity index (χ1n) is 7.62. The molecule has 1 fully saturated rings. The van der Waals surface area contributed by atoms with Crippen LogP contribution in [-0.2, 0) is 0 Å². The van der Waals surface area contributed by atoms with Crippen molar-refractivity contribution in [3.8, 4) is 0 Å². The van der Waals surface area contributed by atoms with E-state index in [1.165, 1.54) is 6.33 Å². The molecule has 3 rings (SSSR count). The highest BCUT2D eigenvalue weighted by atomic mass is 35.5. The van der Waals surface area contributed by atoms with Gasteiger partial charge in [-0.2, -0.15) is 0 Å². The minimum absolute atomic E-state index is 0.526. The molecule has 7 heteroatoms. The first-order chi connectivity index (χ1) is 11.0. The fraction of sp³-hybridized carbons (Fsp3) is 0.375. The highest BCUT2D eigenvalue weighted by Crippen LogP contribution is 2.33. The zero-order chi connectivity index (χ0) is 16.4. The first-order valence-corrected chi connectivity index (χ1v) is 8.37. The summed E-state index contributed by atoms with van der Waals surface area (Å²) in [6.45, 7) is 4.19. The third-order valence-electron chi connectivity index (χ3n) is 4.13. The lowest BCUT2D eigenvalue weighted by Crippen LogP contribution is -2.34. The van der Waals surface area contributed by atoms with Crippen LogP contribution in [0.2, 0.25) is 10.0 Å². The smallest absolute Gasteiger partial charge is 0.159 e. The molecule has 1 saturated heterocycles. The lowest BCUT2D eigenvalue weighted by Gasteiger charge is -2.32. The van der Waals surface area contributed by atoms with E-state index < -0.39 is 0 Å². The highest BCUT2D eigenvalue weighted by molar-refractivity contribution is 6.35. The van der Waals surface area contributed by atoms with Gasteiger partial charge in [-0.1, -0.05) is 30.1 Å². The van der Waals surface area contributed by atoms with Gasteiger partial charge in [0.1, 0.15) is 12.0 Å². The van der Waals surface area contributed by atoms with Crippen LogP contribution in [0.3, 0.4) is 0 Å². The van der Waals surface area contributed by atoms with Crippen LogP contribution in [-0.4, -0.2) is 23.1 Å². The molecule has 1 aliphatic heterocycles. The van der Waals surface area contributed by atoms with E-state index in [-0.39, 0.29) is 0 Å². The topological polar surface area (TPSA) is 67.1 Å². The van der Waals surface area contributed by atoms with E-state index in [0.717, 1.165) is 37.7 Å². The molecule has 2 aromatic rings. The summed E-state index contributed by atoms with van der Waals surface area (Å²) in [5, 5.41) is 4.30. The number of rotatable bonds is 3. The molecule has 2 heterocycles. The van der Waals surface area contributed by atoms with Crippen molar-refractivity contribution in [2.45, 2.75) is 19.8 Å². The number of nitrogens with one attached hydrogen (secondary N) is 1. The molecular weight excluding hydrogens is 333 g/mol. The van der Waals surface area contributed by atoms with Crippen LogP contribution in [0, 0.1) is 5.92 Å². The standard InChI is InChI=1S/C16H19Cl2N5/c1-10-4-6-23(7-5-10)16-14(19)15(20-9-21-16)22-13-8-11(17)2-3-12(13)18/h2-3,8-10H,4-7,19H2,1H3,(H,20,21,22).